The molecule has 0 radical (unpaired) electrons. The van der Waals surface area contributed by atoms with Gasteiger partial charge in [0.1, 0.15) is 0 Å². The third-order valence-corrected chi connectivity index (χ3v) is 3.27. The number of halogens is 4. The van der Waals surface area contributed by atoms with Crippen LogP contribution in [0.25, 0.3) is 11.6 Å². The molecule has 2 rings (SSSR count). The van der Waals surface area contributed by atoms with Crippen LogP contribution in [-0.2, 0) is 0 Å². The highest BCUT2D eigenvalue weighted by atomic mass is 79.9. The summed E-state index contributed by atoms with van der Waals surface area (Å²) in [6.45, 7) is 0. The van der Waals surface area contributed by atoms with Gasteiger partial charge in [0, 0.05) is 10.0 Å². The van der Waals surface area contributed by atoms with Gasteiger partial charge in [-0.05, 0) is 17.7 Å². The van der Waals surface area contributed by atoms with Crippen LogP contribution in [0.15, 0.2) is 59.1 Å². The molecule has 0 aliphatic carbocycles. The van der Waals surface area contributed by atoms with Gasteiger partial charge in [0.15, 0.2) is 0 Å². The molecule has 0 aliphatic rings. The molecule has 0 spiro atoms. The van der Waals surface area contributed by atoms with Gasteiger partial charge in [-0.15, -0.1) is 0 Å². The standard InChI is InChI=1S/C15H10BrF3/c16-14-9-5-4-8-12(14)13(15(17,18)19)10-11-6-2-1-3-7-11/h1-10H/b13-10+. The first-order valence-electron chi connectivity index (χ1n) is 5.57. The van der Waals surface area contributed by atoms with Crippen molar-refractivity contribution in [3.8, 4) is 0 Å². The topological polar surface area (TPSA) is 0 Å². The average molecular weight is 327 g/mol. The molecule has 0 nitrogen and oxygen atoms in total. The van der Waals surface area contributed by atoms with Crippen molar-refractivity contribution in [2.45, 2.75) is 6.18 Å². The minimum atomic E-state index is -4.40. The van der Waals surface area contributed by atoms with E-state index in [2.05, 4.69) is 15.9 Å². The Morgan fingerprint density at radius 3 is 2.05 bits per heavy atom. The average Bonchev–Trinajstić information content (AvgIpc) is 2.37. The van der Waals surface area contributed by atoms with Gasteiger partial charge in [0.25, 0.3) is 0 Å². The second kappa shape index (κ2) is 5.61. The summed E-state index contributed by atoms with van der Waals surface area (Å²) < 4.78 is 40.0. The number of alkyl halides is 3. The van der Waals surface area contributed by atoms with Gasteiger partial charge in [-0.3, -0.25) is 0 Å². The molecule has 0 N–H and O–H groups in total. The van der Waals surface area contributed by atoms with E-state index in [0.29, 0.717) is 10.0 Å². The lowest BCUT2D eigenvalue weighted by Gasteiger charge is -2.13. The lowest BCUT2D eigenvalue weighted by molar-refractivity contribution is -0.0683. The van der Waals surface area contributed by atoms with Crippen LogP contribution in [0.4, 0.5) is 13.2 Å². The molecule has 0 saturated heterocycles. The normalized spacial score (nSPS) is 12.5. The highest BCUT2D eigenvalue weighted by Gasteiger charge is 2.35. The van der Waals surface area contributed by atoms with Crippen LogP contribution in [0.5, 0.6) is 0 Å². The van der Waals surface area contributed by atoms with Gasteiger partial charge in [-0.25, -0.2) is 0 Å². The fraction of sp³-hybridized carbons (Fsp3) is 0.0667. The Morgan fingerprint density at radius 2 is 1.47 bits per heavy atom. The van der Waals surface area contributed by atoms with Crippen molar-refractivity contribution >= 4 is 27.6 Å². The molecule has 0 amide bonds. The van der Waals surface area contributed by atoms with Crippen molar-refractivity contribution in [3.63, 3.8) is 0 Å². The highest BCUT2D eigenvalue weighted by Crippen LogP contribution is 2.38. The molecular weight excluding hydrogens is 317 g/mol. The molecule has 0 heterocycles. The Labute approximate surface area is 117 Å². The maximum Gasteiger partial charge on any atom is 0.417 e. The number of benzene rings is 2. The van der Waals surface area contributed by atoms with Crippen LogP contribution in [-0.4, -0.2) is 6.18 Å². The number of hydrogen-bond acceptors (Lipinski definition) is 0. The fourth-order valence-corrected chi connectivity index (χ4v) is 2.21. The fourth-order valence-electron chi connectivity index (χ4n) is 1.71. The lowest BCUT2D eigenvalue weighted by atomic mass is 10.0. The number of hydrogen-bond donors (Lipinski definition) is 0. The minimum absolute atomic E-state index is 0.138. The lowest BCUT2D eigenvalue weighted by Crippen LogP contribution is -2.11. The van der Waals surface area contributed by atoms with Gasteiger partial charge in [0.2, 0.25) is 0 Å². The van der Waals surface area contributed by atoms with Gasteiger partial charge < -0.3 is 0 Å². The van der Waals surface area contributed by atoms with E-state index in [1.165, 1.54) is 6.07 Å². The molecule has 0 unspecified atom stereocenters. The van der Waals surface area contributed by atoms with Crippen LogP contribution >= 0.6 is 15.9 Å². The van der Waals surface area contributed by atoms with E-state index >= 15 is 0 Å². The maximum atomic E-state index is 13.2. The van der Waals surface area contributed by atoms with E-state index in [9.17, 15) is 13.2 Å². The summed E-state index contributed by atoms with van der Waals surface area (Å²) in [4.78, 5) is 0. The molecule has 19 heavy (non-hydrogen) atoms. The second-order valence-electron chi connectivity index (χ2n) is 3.95. The summed E-state index contributed by atoms with van der Waals surface area (Å²) >= 11 is 3.16. The van der Waals surface area contributed by atoms with Crippen molar-refractivity contribution in [3.05, 3.63) is 70.2 Å². The molecule has 2 aromatic rings. The monoisotopic (exact) mass is 326 g/mol. The Bertz CT molecular complexity index is 586. The molecule has 0 bridgehead atoms. The van der Waals surface area contributed by atoms with Crippen molar-refractivity contribution in [2.24, 2.45) is 0 Å². The summed E-state index contributed by atoms with van der Waals surface area (Å²) in [6, 6.07) is 14.8. The van der Waals surface area contributed by atoms with E-state index in [1.54, 1.807) is 48.5 Å². The highest BCUT2D eigenvalue weighted by molar-refractivity contribution is 9.10. The Hall–Kier alpha value is -1.55. The Morgan fingerprint density at radius 1 is 0.895 bits per heavy atom. The molecule has 0 atom stereocenters. The zero-order valence-corrected chi connectivity index (χ0v) is 11.4. The summed E-state index contributed by atoms with van der Waals surface area (Å²) in [5, 5.41) is 0. The van der Waals surface area contributed by atoms with Crippen LogP contribution in [0.1, 0.15) is 11.1 Å². The quantitative estimate of drug-likeness (QED) is 0.634. The second-order valence-corrected chi connectivity index (χ2v) is 4.80. The van der Waals surface area contributed by atoms with E-state index in [1.807, 2.05) is 0 Å². The van der Waals surface area contributed by atoms with Gasteiger partial charge in [-0.1, -0.05) is 64.5 Å². The van der Waals surface area contributed by atoms with E-state index in [0.717, 1.165) is 6.08 Å². The first-order chi connectivity index (χ1) is 8.98. The van der Waals surface area contributed by atoms with Crippen molar-refractivity contribution in [1.29, 1.82) is 0 Å². The zero-order chi connectivity index (χ0) is 13.9. The van der Waals surface area contributed by atoms with Crippen LogP contribution in [0.3, 0.4) is 0 Å². The summed E-state index contributed by atoms with van der Waals surface area (Å²) in [5.41, 5.74) is -0.00407. The van der Waals surface area contributed by atoms with E-state index in [-0.39, 0.29) is 5.56 Å². The van der Waals surface area contributed by atoms with Crippen molar-refractivity contribution in [1.82, 2.24) is 0 Å². The largest absolute Gasteiger partial charge is 0.417 e. The molecule has 98 valence electrons. The van der Waals surface area contributed by atoms with Gasteiger partial charge in [0.05, 0.1) is 5.57 Å². The SMILES string of the molecule is FC(F)(F)/C(=C/c1ccccc1)c1ccccc1Br. The molecular formula is C15H10BrF3. The molecule has 0 fully saturated rings. The first-order valence-corrected chi connectivity index (χ1v) is 6.36. The molecule has 2 aromatic carbocycles. The van der Waals surface area contributed by atoms with Crippen LogP contribution in [0, 0.1) is 0 Å². The van der Waals surface area contributed by atoms with Gasteiger partial charge in [-0.2, -0.15) is 13.2 Å². The Balaban J connectivity index is 2.56. The molecule has 4 heteroatoms. The summed E-state index contributed by atoms with van der Waals surface area (Å²) in [6.07, 6.45) is -3.25. The van der Waals surface area contributed by atoms with Crippen LogP contribution < -0.4 is 0 Å². The molecule has 0 aliphatic heterocycles. The number of allylic oxidation sites excluding steroid dienone is 1. The van der Waals surface area contributed by atoms with E-state index in [4.69, 9.17) is 0 Å². The number of rotatable bonds is 2. The summed E-state index contributed by atoms with van der Waals surface area (Å²) in [7, 11) is 0. The first kappa shape index (κ1) is 13.9. The Kier molecular flexibility index (Phi) is 4.10. The predicted octanol–water partition coefficient (Wildman–Crippen LogP) is 5.55. The van der Waals surface area contributed by atoms with E-state index < -0.39 is 11.7 Å². The molecule has 0 aromatic heterocycles. The van der Waals surface area contributed by atoms with Gasteiger partial charge >= 0.3 is 6.18 Å². The van der Waals surface area contributed by atoms with Crippen molar-refractivity contribution in [2.75, 3.05) is 0 Å². The van der Waals surface area contributed by atoms with Crippen molar-refractivity contribution < 1.29 is 13.2 Å². The van der Waals surface area contributed by atoms with Crippen LogP contribution in [0.2, 0.25) is 0 Å². The third-order valence-electron chi connectivity index (χ3n) is 2.58. The maximum absolute atomic E-state index is 13.2. The predicted molar refractivity (Wildman–Crippen MR) is 74.5 cm³/mol. The summed E-state index contributed by atoms with van der Waals surface area (Å²) in [5.74, 6) is 0. The zero-order valence-electron chi connectivity index (χ0n) is 9.79. The molecule has 0 saturated carbocycles. The third kappa shape index (κ3) is 3.47. The smallest absolute Gasteiger partial charge is 0.166 e. The minimum Gasteiger partial charge on any atom is -0.166 e.